The maximum absolute atomic E-state index is 9.41. The van der Waals surface area contributed by atoms with Crippen molar-refractivity contribution in [2.45, 2.75) is 30.9 Å². The second-order valence-corrected chi connectivity index (χ2v) is 5.26. The Morgan fingerprint density at radius 2 is 2.00 bits per heavy atom. The Labute approximate surface area is 58.9 Å². The minimum absolute atomic E-state index is 0.0891. The highest BCUT2D eigenvalue weighted by Crippen LogP contribution is 2.50. The lowest BCUT2D eigenvalue weighted by atomic mass is 9.97. The van der Waals surface area contributed by atoms with Gasteiger partial charge in [-0.3, -0.25) is 0 Å². The van der Waals surface area contributed by atoms with Gasteiger partial charge in [0, 0.05) is 10.2 Å². The molecule has 2 bridgehead atoms. The van der Waals surface area contributed by atoms with E-state index in [0.717, 1.165) is 23.8 Å². The fourth-order valence-electron chi connectivity index (χ4n) is 2.66. The molecule has 0 heterocycles. The van der Waals surface area contributed by atoms with E-state index in [-0.39, 0.29) is 6.10 Å². The maximum atomic E-state index is 9.41. The number of aliphatic hydroxyl groups is 1. The van der Waals surface area contributed by atoms with E-state index in [0.29, 0.717) is 0 Å². The topological polar surface area (TPSA) is 20.2 Å². The standard InChI is InChI=1S/C7H14OSi/c8-6-2-4-1-5(6)7(9)3-4/h4-8H,1-3H2,9H3. The predicted molar refractivity (Wildman–Crippen MR) is 40.5 cm³/mol. The van der Waals surface area contributed by atoms with Crippen LogP contribution in [0.5, 0.6) is 0 Å². The molecule has 0 radical (unpaired) electrons. The van der Waals surface area contributed by atoms with Crippen molar-refractivity contribution in [2.24, 2.45) is 11.8 Å². The Bertz CT molecular complexity index is 114. The van der Waals surface area contributed by atoms with Crippen LogP contribution in [-0.2, 0) is 0 Å². The molecule has 2 aliphatic rings. The third-order valence-corrected chi connectivity index (χ3v) is 4.44. The van der Waals surface area contributed by atoms with Crippen LogP contribution in [-0.4, -0.2) is 21.5 Å². The zero-order valence-electron chi connectivity index (χ0n) is 5.88. The molecule has 0 aliphatic heterocycles. The number of hydrogen-bond acceptors (Lipinski definition) is 1. The summed E-state index contributed by atoms with van der Waals surface area (Å²) in [5.41, 5.74) is 0.943. The van der Waals surface area contributed by atoms with Crippen LogP contribution in [0.1, 0.15) is 19.3 Å². The number of fused-ring (bicyclic) bond motifs is 2. The van der Waals surface area contributed by atoms with Crippen molar-refractivity contribution < 1.29 is 5.11 Å². The molecule has 1 nitrogen and oxygen atoms in total. The molecule has 1 N–H and O–H groups in total. The van der Waals surface area contributed by atoms with Crippen LogP contribution in [0.2, 0.25) is 5.54 Å². The Morgan fingerprint density at radius 1 is 1.22 bits per heavy atom. The van der Waals surface area contributed by atoms with E-state index in [2.05, 4.69) is 0 Å². The van der Waals surface area contributed by atoms with E-state index < -0.39 is 0 Å². The molecule has 0 amide bonds. The van der Waals surface area contributed by atoms with Gasteiger partial charge in [0.15, 0.2) is 0 Å². The minimum atomic E-state index is 0.0891. The molecule has 0 aromatic rings. The third-order valence-electron chi connectivity index (χ3n) is 3.11. The fraction of sp³-hybridized carbons (Fsp3) is 1.00. The molecule has 0 saturated heterocycles. The summed E-state index contributed by atoms with van der Waals surface area (Å²) in [5, 5.41) is 9.41. The second-order valence-electron chi connectivity index (χ2n) is 3.78. The maximum Gasteiger partial charge on any atom is 0.0570 e. The molecule has 9 heavy (non-hydrogen) atoms. The van der Waals surface area contributed by atoms with Crippen molar-refractivity contribution in [3.63, 3.8) is 0 Å². The van der Waals surface area contributed by atoms with Gasteiger partial charge >= 0.3 is 0 Å². The minimum Gasteiger partial charge on any atom is -0.393 e. The van der Waals surface area contributed by atoms with Crippen LogP contribution in [0.25, 0.3) is 0 Å². The molecular formula is C7H14OSi. The Hall–Kier alpha value is 0.177. The molecule has 4 unspecified atom stereocenters. The zero-order valence-corrected chi connectivity index (χ0v) is 7.88. The normalized spacial score (nSPS) is 57.0. The summed E-state index contributed by atoms with van der Waals surface area (Å²) in [6.45, 7) is 0. The van der Waals surface area contributed by atoms with E-state index >= 15 is 0 Å². The molecular weight excluding hydrogens is 128 g/mol. The third kappa shape index (κ3) is 0.766. The van der Waals surface area contributed by atoms with E-state index in [1.807, 2.05) is 0 Å². The summed E-state index contributed by atoms with van der Waals surface area (Å²) in [6.07, 6.45) is 3.98. The van der Waals surface area contributed by atoms with Gasteiger partial charge in [-0.2, -0.15) is 0 Å². The van der Waals surface area contributed by atoms with Gasteiger partial charge in [0.2, 0.25) is 0 Å². The van der Waals surface area contributed by atoms with Gasteiger partial charge in [-0.05, 0) is 30.2 Å². The highest BCUT2D eigenvalue weighted by molar-refractivity contribution is 6.12. The number of hydrogen-bond donors (Lipinski definition) is 1. The van der Waals surface area contributed by atoms with Crippen LogP contribution >= 0.6 is 0 Å². The van der Waals surface area contributed by atoms with Crippen molar-refractivity contribution in [2.75, 3.05) is 0 Å². The van der Waals surface area contributed by atoms with Gasteiger partial charge < -0.3 is 5.11 Å². The molecule has 2 aliphatic carbocycles. The molecule has 0 spiro atoms. The van der Waals surface area contributed by atoms with Crippen LogP contribution in [0.15, 0.2) is 0 Å². The van der Waals surface area contributed by atoms with Crippen molar-refractivity contribution >= 4 is 10.2 Å². The summed E-state index contributed by atoms with van der Waals surface area (Å²) in [7, 11) is 1.30. The van der Waals surface area contributed by atoms with Crippen molar-refractivity contribution in [1.29, 1.82) is 0 Å². The van der Waals surface area contributed by atoms with Gasteiger partial charge in [0.25, 0.3) is 0 Å². The predicted octanol–water partition coefficient (Wildman–Crippen LogP) is -0.0689. The van der Waals surface area contributed by atoms with Crippen LogP contribution in [0.4, 0.5) is 0 Å². The summed E-state index contributed by atoms with van der Waals surface area (Å²) in [5.74, 6) is 1.63. The van der Waals surface area contributed by atoms with Gasteiger partial charge in [-0.1, -0.05) is 6.42 Å². The summed E-state index contributed by atoms with van der Waals surface area (Å²) in [4.78, 5) is 0. The highest BCUT2D eigenvalue weighted by atomic mass is 28.1. The lowest BCUT2D eigenvalue weighted by Crippen LogP contribution is -2.20. The van der Waals surface area contributed by atoms with Gasteiger partial charge in [-0.25, -0.2) is 0 Å². The first kappa shape index (κ1) is 5.92. The first-order valence-corrected chi connectivity index (χ1v) is 5.11. The molecule has 2 heteroatoms. The zero-order chi connectivity index (χ0) is 6.43. The van der Waals surface area contributed by atoms with E-state index in [4.69, 9.17) is 0 Å². The first-order chi connectivity index (χ1) is 4.27. The average molecular weight is 142 g/mol. The molecule has 2 saturated carbocycles. The van der Waals surface area contributed by atoms with E-state index in [1.54, 1.807) is 0 Å². The smallest absolute Gasteiger partial charge is 0.0570 e. The molecule has 2 fully saturated rings. The van der Waals surface area contributed by atoms with Crippen LogP contribution in [0.3, 0.4) is 0 Å². The monoisotopic (exact) mass is 142 g/mol. The lowest BCUT2D eigenvalue weighted by Gasteiger charge is -2.21. The summed E-state index contributed by atoms with van der Waals surface area (Å²) in [6, 6.07) is 0. The van der Waals surface area contributed by atoms with Gasteiger partial charge in [-0.15, -0.1) is 0 Å². The van der Waals surface area contributed by atoms with Crippen molar-refractivity contribution in [3.05, 3.63) is 0 Å². The first-order valence-electron chi connectivity index (χ1n) is 3.95. The molecule has 52 valence electrons. The Morgan fingerprint density at radius 3 is 2.33 bits per heavy atom. The fourth-order valence-corrected chi connectivity index (χ4v) is 4.04. The number of rotatable bonds is 0. The van der Waals surface area contributed by atoms with Crippen molar-refractivity contribution in [1.82, 2.24) is 0 Å². The quantitative estimate of drug-likeness (QED) is 0.469. The van der Waals surface area contributed by atoms with Crippen molar-refractivity contribution in [3.8, 4) is 0 Å². The second kappa shape index (κ2) is 1.83. The SMILES string of the molecule is OC1CC2CC([SiH3])C1C2. The summed E-state index contributed by atoms with van der Waals surface area (Å²) < 4.78 is 0. The van der Waals surface area contributed by atoms with E-state index in [1.165, 1.54) is 23.1 Å². The van der Waals surface area contributed by atoms with Gasteiger partial charge in [0.1, 0.15) is 0 Å². The number of aliphatic hydroxyl groups excluding tert-OH is 1. The summed E-state index contributed by atoms with van der Waals surface area (Å²) >= 11 is 0. The molecule has 0 aromatic heterocycles. The van der Waals surface area contributed by atoms with Crippen LogP contribution in [0, 0.1) is 11.8 Å². The average Bonchev–Trinajstić information content (AvgIpc) is 2.22. The molecule has 2 rings (SSSR count). The lowest BCUT2D eigenvalue weighted by molar-refractivity contribution is 0.114. The van der Waals surface area contributed by atoms with E-state index in [9.17, 15) is 5.11 Å². The van der Waals surface area contributed by atoms with Crippen LogP contribution < -0.4 is 0 Å². The highest BCUT2D eigenvalue weighted by Gasteiger charge is 2.42. The van der Waals surface area contributed by atoms with Gasteiger partial charge in [0.05, 0.1) is 6.10 Å². The largest absolute Gasteiger partial charge is 0.393 e. The molecule has 0 aromatic carbocycles. The molecule has 4 atom stereocenters. The Kier molecular flexibility index (Phi) is 1.20. The Balaban J connectivity index is 2.13.